The van der Waals surface area contributed by atoms with Crippen LogP contribution >= 0.6 is 0 Å². The average Bonchev–Trinajstić information content (AvgIpc) is 2.77. The molecule has 0 aliphatic carbocycles. The van der Waals surface area contributed by atoms with Gasteiger partial charge in [-0.1, -0.05) is 0 Å². The quantitative estimate of drug-likeness (QED) is 0.481. The summed E-state index contributed by atoms with van der Waals surface area (Å²) in [4.78, 5) is 21.4. The summed E-state index contributed by atoms with van der Waals surface area (Å²) < 4.78 is 35.2. The molecule has 0 amide bonds. The number of rotatable bonds is 4. The summed E-state index contributed by atoms with van der Waals surface area (Å²) in [6.07, 6.45) is -1.95. The molecule has 1 aromatic rings. The molecule has 1 fully saturated rings. The topological polar surface area (TPSA) is 78.7 Å². The van der Waals surface area contributed by atoms with Gasteiger partial charge in [-0.05, 0) is 17.7 Å². The molecule has 0 aromatic heterocycles. The van der Waals surface area contributed by atoms with E-state index in [9.17, 15) is 23.7 Å². The summed E-state index contributed by atoms with van der Waals surface area (Å²) >= 11 is 0. The zero-order valence-electron chi connectivity index (χ0n) is 10.3. The van der Waals surface area contributed by atoms with Crippen LogP contribution in [0.15, 0.2) is 24.3 Å². The SMILES string of the molecule is O=C(OCc1ccc([N+](=O)[O-])cc1)C1CC(F)(F)CO1. The molecule has 0 radical (unpaired) electrons. The normalized spacial score (nSPS) is 20.6. The minimum atomic E-state index is -3.00. The molecule has 8 heteroatoms. The number of alkyl halides is 2. The molecule has 0 N–H and O–H groups in total. The van der Waals surface area contributed by atoms with Gasteiger partial charge in [-0.15, -0.1) is 0 Å². The third kappa shape index (κ3) is 3.47. The molecule has 1 aliphatic rings. The van der Waals surface area contributed by atoms with Gasteiger partial charge < -0.3 is 9.47 Å². The van der Waals surface area contributed by atoms with Crippen molar-refractivity contribution in [3.63, 3.8) is 0 Å². The maximum atomic E-state index is 12.8. The van der Waals surface area contributed by atoms with E-state index in [4.69, 9.17) is 4.74 Å². The maximum Gasteiger partial charge on any atom is 0.335 e. The van der Waals surface area contributed by atoms with Gasteiger partial charge in [0.1, 0.15) is 13.2 Å². The van der Waals surface area contributed by atoms with E-state index < -0.39 is 35.9 Å². The summed E-state index contributed by atoms with van der Waals surface area (Å²) in [6.45, 7) is -0.938. The molecule has 2 rings (SSSR count). The predicted molar refractivity (Wildman–Crippen MR) is 62.2 cm³/mol. The third-order valence-corrected chi connectivity index (χ3v) is 2.77. The standard InChI is InChI=1S/C12H11F2NO5/c13-12(14)5-10(20-7-12)11(16)19-6-8-1-3-9(4-2-8)15(17)18/h1-4,10H,5-7H2. The summed E-state index contributed by atoms with van der Waals surface area (Å²) in [7, 11) is 0. The molecule has 0 bridgehead atoms. The van der Waals surface area contributed by atoms with Crippen LogP contribution in [0.2, 0.25) is 0 Å². The number of nitro benzene ring substituents is 1. The summed E-state index contributed by atoms with van der Waals surface area (Å²) in [6, 6.07) is 5.39. The zero-order chi connectivity index (χ0) is 14.8. The molecule has 108 valence electrons. The highest BCUT2D eigenvalue weighted by atomic mass is 19.3. The Morgan fingerprint density at radius 1 is 1.45 bits per heavy atom. The molecule has 6 nitrogen and oxygen atoms in total. The Morgan fingerprint density at radius 3 is 2.60 bits per heavy atom. The Hall–Kier alpha value is -2.09. The number of benzene rings is 1. The molecule has 1 atom stereocenters. The summed E-state index contributed by atoms with van der Waals surface area (Å²) in [5, 5.41) is 10.4. The number of hydrogen-bond acceptors (Lipinski definition) is 5. The first kappa shape index (κ1) is 14.3. The number of halogens is 2. The van der Waals surface area contributed by atoms with Crippen LogP contribution in [0.4, 0.5) is 14.5 Å². The highest BCUT2D eigenvalue weighted by molar-refractivity contribution is 5.75. The van der Waals surface area contributed by atoms with E-state index in [1.165, 1.54) is 24.3 Å². The Labute approximate surface area is 112 Å². The molecule has 1 heterocycles. The Bertz CT molecular complexity index is 517. The highest BCUT2D eigenvalue weighted by Gasteiger charge is 2.44. The fourth-order valence-electron chi connectivity index (χ4n) is 1.72. The lowest BCUT2D eigenvalue weighted by molar-refractivity contribution is -0.384. The Balaban J connectivity index is 1.86. The van der Waals surface area contributed by atoms with E-state index >= 15 is 0 Å². The smallest absolute Gasteiger partial charge is 0.335 e. The number of esters is 1. The van der Waals surface area contributed by atoms with Crippen LogP contribution in [-0.4, -0.2) is 29.5 Å². The highest BCUT2D eigenvalue weighted by Crippen LogP contribution is 2.30. The average molecular weight is 287 g/mol. The van der Waals surface area contributed by atoms with Gasteiger partial charge in [-0.25, -0.2) is 13.6 Å². The number of ether oxygens (including phenoxy) is 2. The first-order chi connectivity index (χ1) is 9.37. The van der Waals surface area contributed by atoms with E-state index in [2.05, 4.69) is 4.74 Å². The number of non-ortho nitro benzene ring substituents is 1. The van der Waals surface area contributed by atoms with Gasteiger partial charge in [0.25, 0.3) is 11.6 Å². The lowest BCUT2D eigenvalue weighted by Gasteiger charge is -2.09. The number of carbonyl (C=O) groups is 1. The van der Waals surface area contributed by atoms with Gasteiger partial charge in [0, 0.05) is 12.1 Å². The first-order valence-electron chi connectivity index (χ1n) is 5.77. The van der Waals surface area contributed by atoms with Crippen LogP contribution in [0.3, 0.4) is 0 Å². The van der Waals surface area contributed by atoms with Crippen molar-refractivity contribution in [2.24, 2.45) is 0 Å². The van der Waals surface area contributed by atoms with Crippen molar-refractivity contribution in [1.29, 1.82) is 0 Å². The second kappa shape index (κ2) is 5.49. The van der Waals surface area contributed by atoms with E-state index in [0.29, 0.717) is 5.56 Å². The van der Waals surface area contributed by atoms with E-state index in [-0.39, 0.29) is 12.3 Å². The predicted octanol–water partition coefficient (Wildman–Crippen LogP) is 2.06. The second-order valence-electron chi connectivity index (χ2n) is 4.39. The van der Waals surface area contributed by atoms with Gasteiger partial charge in [-0.3, -0.25) is 10.1 Å². The summed E-state index contributed by atoms with van der Waals surface area (Å²) in [5.74, 6) is -3.86. The molecule has 0 spiro atoms. The lowest BCUT2D eigenvalue weighted by Crippen LogP contribution is -2.23. The van der Waals surface area contributed by atoms with Gasteiger partial charge in [0.15, 0.2) is 6.10 Å². The molecule has 0 saturated carbocycles. The molecule has 1 saturated heterocycles. The van der Waals surface area contributed by atoms with E-state index in [0.717, 1.165) is 0 Å². The van der Waals surface area contributed by atoms with Crippen molar-refractivity contribution >= 4 is 11.7 Å². The Kier molecular flexibility index (Phi) is 3.93. The number of nitrogens with zero attached hydrogens (tertiary/aromatic N) is 1. The van der Waals surface area contributed by atoms with Crippen LogP contribution in [0, 0.1) is 10.1 Å². The lowest BCUT2D eigenvalue weighted by atomic mass is 10.2. The number of carbonyl (C=O) groups excluding carboxylic acids is 1. The molecular weight excluding hydrogens is 276 g/mol. The molecule has 1 unspecified atom stereocenters. The summed E-state index contributed by atoms with van der Waals surface area (Å²) in [5.41, 5.74) is 0.438. The minimum Gasteiger partial charge on any atom is -0.459 e. The van der Waals surface area contributed by atoms with Gasteiger partial charge >= 0.3 is 5.97 Å². The molecular formula is C12H11F2NO5. The molecule has 20 heavy (non-hydrogen) atoms. The van der Waals surface area contributed by atoms with Crippen molar-refractivity contribution in [2.45, 2.75) is 25.1 Å². The number of nitro groups is 1. The van der Waals surface area contributed by atoms with Crippen molar-refractivity contribution < 1.29 is 28.0 Å². The minimum absolute atomic E-state index is 0.0844. The van der Waals surface area contributed by atoms with E-state index in [1.807, 2.05) is 0 Å². The first-order valence-corrected chi connectivity index (χ1v) is 5.77. The fraction of sp³-hybridized carbons (Fsp3) is 0.417. The monoisotopic (exact) mass is 287 g/mol. The van der Waals surface area contributed by atoms with Crippen LogP contribution in [0.1, 0.15) is 12.0 Å². The van der Waals surface area contributed by atoms with Crippen molar-refractivity contribution in [3.05, 3.63) is 39.9 Å². The second-order valence-corrected chi connectivity index (χ2v) is 4.39. The van der Waals surface area contributed by atoms with Gasteiger partial charge in [-0.2, -0.15) is 0 Å². The van der Waals surface area contributed by atoms with Crippen molar-refractivity contribution in [2.75, 3.05) is 6.61 Å². The van der Waals surface area contributed by atoms with Gasteiger partial charge in [0.2, 0.25) is 0 Å². The van der Waals surface area contributed by atoms with Crippen LogP contribution < -0.4 is 0 Å². The van der Waals surface area contributed by atoms with Crippen LogP contribution in [-0.2, 0) is 20.9 Å². The van der Waals surface area contributed by atoms with Crippen molar-refractivity contribution in [1.82, 2.24) is 0 Å². The van der Waals surface area contributed by atoms with E-state index in [1.54, 1.807) is 0 Å². The van der Waals surface area contributed by atoms with Crippen molar-refractivity contribution in [3.8, 4) is 0 Å². The Morgan fingerprint density at radius 2 is 2.10 bits per heavy atom. The fourth-order valence-corrected chi connectivity index (χ4v) is 1.72. The molecule has 1 aromatic carbocycles. The number of hydrogen-bond donors (Lipinski definition) is 0. The third-order valence-electron chi connectivity index (χ3n) is 2.77. The largest absolute Gasteiger partial charge is 0.459 e. The maximum absolute atomic E-state index is 12.8. The molecule has 1 aliphatic heterocycles. The van der Waals surface area contributed by atoms with Crippen LogP contribution in [0.25, 0.3) is 0 Å². The van der Waals surface area contributed by atoms with Gasteiger partial charge in [0.05, 0.1) is 11.3 Å². The zero-order valence-corrected chi connectivity index (χ0v) is 10.3. The van der Waals surface area contributed by atoms with Crippen LogP contribution in [0.5, 0.6) is 0 Å².